The van der Waals surface area contributed by atoms with Crippen LogP contribution >= 0.6 is 0 Å². The number of anilines is 1. The van der Waals surface area contributed by atoms with Crippen LogP contribution in [-0.4, -0.2) is 36.7 Å². The first-order valence-corrected chi connectivity index (χ1v) is 8.53. The van der Waals surface area contributed by atoms with Crippen molar-refractivity contribution in [1.29, 1.82) is 0 Å². The molecule has 1 N–H and O–H groups in total. The minimum atomic E-state index is -1.05. The molecular formula is C20H23NO5. The molecule has 2 aromatic rings. The molecule has 1 amide bonds. The number of amides is 1. The van der Waals surface area contributed by atoms with E-state index in [0.29, 0.717) is 36.8 Å². The number of aliphatic carboxylic acids is 1. The van der Waals surface area contributed by atoms with Gasteiger partial charge in [-0.3, -0.25) is 9.59 Å². The largest absolute Gasteiger partial charge is 0.490 e. The summed E-state index contributed by atoms with van der Waals surface area (Å²) in [5.74, 6) is -0.00486. The van der Waals surface area contributed by atoms with Crippen molar-refractivity contribution in [2.24, 2.45) is 0 Å². The molecule has 0 fully saturated rings. The number of ether oxygens (including phenoxy) is 2. The molecule has 0 aliphatic carbocycles. The summed E-state index contributed by atoms with van der Waals surface area (Å²) in [6, 6.07) is 16.2. The maximum absolute atomic E-state index is 12.4. The van der Waals surface area contributed by atoms with E-state index in [4.69, 9.17) is 14.6 Å². The van der Waals surface area contributed by atoms with Gasteiger partial charge in [0.15, 0.2) is 11.5 Å². The monoisotopic (exact) mass is 357 g/mol. The van der Waals surface area contributed by atoms with Gasteiger partial charge in [-0.25, -0.2) is 0 Å². The Hall–Kier alpha value is -3.02. The molecule has 2 rings (SSSR count). The number of hydrogen-bond acceptors (Lipinski definition) is 4. The van der Waals surface area contributed by atoms with Gasteiger partial charge < -0.3 is 19.5 Å². The minimum Gasteiger partial charge on any atom is -0.490 e. The number of carbonyl (C=O) groups excluding carboxylic acids is 1. The summed E-state index contributed by atoms with van der Waals surface area (Å²) < 4.78 is 11.2. The molecule has 0 unspecified atom stereocenters. The fourth-order valence-electron chi connectivity index (χ4n) is 2.45. The lowest BCUT2D eigenvalue weighted by molar-refractivity contribution is -0.136. The van der Waals surface area contributed by atoms with Crippen LogP contribution in [0.1, 0.15) is 19.8 Å². The molecule has 0 aromatic heterocycles. The molecule has 0 aliphatic heterocycles. The van der Waals surface area contributed by atoms with Gasteiger partial charge >= 0.3 is 5.97 Å². The van der Waals surface area contributed by atoms with Crippen LogP contribution < -0.4 is 14.4 Å². The second-order valence-electron chi connectivity index (χ2n) is 5.54. The van der Waals surface area contributed by atoms with Gasteiger partial charge in [0.25, 0.3) is 0 Å². The first-order chi connectivity index (χ1) is 12.6. The number of hydrogen-bond donors (Lipinski definition) is 1. The van der Waals surface area contributed by atoms with E-state index in [-0.39, 0.29) is 18.9 Å². The second kappa shape index (κ2) is 10.1. The number of carboxylic acid groups (broad SMARTS) is 1. The molecule has 0 bridgehead atoms. The van der Waals surface area contributed by atoms with Crippen LogP contribution in [0, 0.1) is 0 Å². The Labute approximate surface area is 153 Å². The molecule has 0 saturated carbocycles. The van der Waals surface area contributed by atoms with Gasteiger partial charge in [0.1, 0.15) is 6.54 Å². The Kier molecular flexibility index (Phi) is 7.49. The van der Waals surface area contributed by atoms with Gasteiger partial charge in [0, 0.05) is 12.1 Å². The van der Waals surface area contributed by atoms with Gasteiger partial charge in [-0.2, -0.15) is 0 Å². The molecule has 0 saturated heterocycles. The van der Waals surface area contributed by atoms with Crippen molar-refractivity contribution in [3.63, 3.8) is 0 Å². The lowest BCUT2D eigenvalue weighted by Gasteiger charge is -2.21. The summed E-state index contributed by atoms with van der Waals surface area (Å²) in [5.41, 5.74) is 0.572. The molecule has 138 valence electrons. The normalized spacial score (nSPS) is 10.2. The van der Waals surface area contributed by atoms with E-state index in [1.165, 1.54) is 4.90 Å². The summed E-state index contributed by atoms with van der Waals surface area (Å²) in [6.07, 6.45) is 0.668. The van der Waals surface area contributed by atoms with Crippen LogP contribution in [0.5, 0.6) is 11.5 Å². The van der Waals surface area contributed by atoms with Gasteiger partial charge in [-0.05, 0) is 37.6 Å². The van der Waals surface area contributed by atoms with Crippen LogP contribution in [0.15, 0.2) is 54.6 Å². The maximum atomic E-state index is 12.4. The van der Waals surface area contributed by atoms with Crippen LogP contribution in [-0.2, 0) is 9.59 Å². The van der Waals surface area contributed by atoms with E-state index in [1.54, 1.807) is 24.3 Å². The fraction of sp³-hybridized carbons (Fsp3) is 0.300. The molecule has 0 aliphatic rings. The van der Waals surface area contributed by atoms with E-state index < -0.39 is 5.97 Å². The lowest BCUT2D eigenvalue weighted by Crippen LogP contribution is -2.35. The topological polar surface area (TPSA) is 76.1 Å². The van der Waals surface area contributed by atoms with E-state index in [1.807, 2.05) is 37.3 Å². The van der Waals surface area contributed by atoms with Gasteiger partial charge in [-0.15, -0.1) is 0 Å². The molecule has 26 heavy (non-hydrogen) atoms. The zero-order valence-corrected chi connectivity index (χ0v) is 14.8. The highest BCUT2D eigenvalue weighted by Gasteiger charge is 2.18. The average molecular weight is 357 g/mol. The zero-order valence-electron chi connectivity index (χ0n) is 14.8. The number of para-hydroxylation sites is 3. The van der Waals surface area contributed by atoms with Gasteiger partial charge in [0.2, 0.25) is 5.91 Å². The van der Waals surface area contributed by atoms with Crippen LogP contribution in [0.4, 0.5) is 5.69 Å². The molecular weight excluding hydrogens is 334 g/mol. The third-order valence-electron chi connectivity index (χ3n) is 3.60. The highest BCUT2D eigenvalue weighted by Crippen LogP contribution is 2.26. The summed E-state index contributed by atoms with van der Waals surface area (Å²) in [6.45, 7) is 2.42. The van der Waals surface area contributed by atoms with Crippen molar-refractivity contribution in [3.05, 3.63) is 54.6 Å². The lowest BCUT2D eigenvalue weighted by atomic mass is 10.2. The summed E-state index contributed by atoms with van der Waals surface area (Å²) in [5, 5.41) is 9.06. The van der Waals surface area contributed by atoms with E-state index >= 15 is 0 Å². The second-order valence-corrected chi connectivity index (χ2v) is 5.54. The van der Waals surface area contributed by atoms with Crippen molar-refractivity contribution < 1.29 is 24.2 Å². The van der Waals surface area contributed by atoms with E-state index in [0.717, 1.165) is 0 Å². The van der Waals surface area contributed by atoms with Crippen molar-refractivity contribution >= 4 is 17.6 Å². The maximum Gasteiger partial charge on any atom is 0.323 e. The molecule has 6 nitrogen and oxygen atoms in total. The molecule has 2 aromatic carbocycles. The van der Waals surface area contributed by atoms with Crippen molar-refractivity contribution in [2.45, 2.75) is 19.8 Å². The summed E-state index contributed by atoms with van der Waals surface area (Å²) in [4.78, 5) is 24.8. The Morgan fingerprint density at radius 3 is 2.19 bits per heavy atom. The Morgan fingerprint density at radius 1 is 0.962 bits per heavy atom. The summed E-state index contributed by atoms with van der Waals surface area (Å²) in [7, 11) is 0. The van der Waals surface area contributed by atoms with Crippen molar-refractivity contribution in [3.8, 4) is 11.5 Å². The quantitative estimate of drug-likeness (QED) is 0.660. The smallest absolute Gasteiger partial charge is 0.323 e. The predicted molar refractivity (Wildman–Crippen MR) is 98.8 cm³/mol. The first-order valence-electron chi connectivity index (χ1n) is 8.53. The van der Waals surface area contributed by atoms with Gasteiger partial charge in [0.05, 0.1) is 13.2 Å². The number of carboxylic acids is 1. The molecule has 0 radical (unpaired) electrons. The number of nitrogens with zero attached hydrogens (tertiary/aromatic N) is 1. The number of carbonyl (C=O) groups is 2. The highest BCUT2D eigenvalue weighted by molar-refractivity contribution is 5.97. The average Bonchev–Trinajstić information content (AvgIpc) is 2.65. The molecule has 0 spiro atoms. The number of benzene rings is 2. The Morgan fingerprint density at radius 2 is 1.58 bits per heavy atom. The third-order valence-corrected chi connectivity index (χ3v) is 3.60. The first kappa shape index (κ1) is 19.3. The Balaban J connectivity index is 1.89. The van der Waals surface area contributed by atoms with Crippen molar-refractivity contribution in [1.82, 2.24) is 0 Å². The molecule has 0 heterocycles. The summed E-state index contributed by atoms with van der Waals surface area (Å²) >= 11 is 0. The zero-order chi connectivity index (χ0) is 18.8. The van der Waals surface area contributed by atoms with Crippen LogP contribution in [0.3, 0.4) is 0 Å². The standard InChI is InChI=1S/C20H23NO5/c1-2-25-17-11-6-7-12-18(17)26-14-8-13-19(22)21(15-20(23)24)16-9-4-3-5-10-16/h3-7,9-12H,2,8,13-15H2,1H3,(H,23,24). The highest BCUT2D eigenvalue weighted by atomic mass is 16.5. The van der Waals surface area contributed by atoms with Crippen LogP contribution in [0.2, 0.25) is 0 Å². The van der Waals surface area contributed by atoms with Crippen LogP contribution in [0.25, 0.3) is 0 Å². The number of rotatable bonds is 10. The third kappa shape index (κ3) is 5.81. The SMILES string of the molecule is CCOc1ccccc1OCCCC(=O)N(CC(=O)O)c1ccccc1. The Bertz CT molecular complexity index is 717. The van der Waals surface area contributed by atoms with Crippen molar-refractivity contribution in [2.75, 3.05) is 24.7 Å². The fourth-order valence-corrected chi connectivity index (χ4v) is 2.45. The minimum absolute atomic E-state index is 0.193. The molecule has 0 atom stereocenters. The van der Waals surface area contributed by atoms with Gasteiger partial charge in [-0.1, -0.05) is 30.3 Å². The van der Waals surface area contributed by atoms with E-state index in [9.17, 15) is 9.59 Å². The predicted octanol–water partition coefficient (Wildman–Crippen LogP) is 3.36. The molecule has 6 heteroatoms. The van der Waals surface area contributed by atoms with E-state index in [2.05, 4.69) is 0 Å².